The van der Waals surface area contributed by atoms with Crippen LogP contribution >= 0.6 is 0 Å². The van der Waals surface area contributed by atoms with Crippen molar-refractivity contribution in [2.45, 2.75) is 39.0 Å². The van der Waals surface area contributed by atoms with Gasteiger partial charge in [0, 0.05) is 12.8 Å². The fourth-order valence-corrected chi connectivity index (χ4v) is 2.35. The molecule has 3 heteroatoms. The molecule has 1 rings (SSSR count). The first-order valence-corrected chi connectivity index (χ1v) is 5.32. The van der Waals surface area contributed by atoms with Gasteiger partial charge in [-0.3, -0.25) is 0 Å². The Morgan fingerprint density at radius 2 is 2.21 bits per heavy atom. The van der Waals surface area contributed by atoms with Crippen molar-refractivity contribution in [3.8, 4) is 0 Å². The third-order valence-electron chi connectivity index (χ3n) is 3.03. The van der Waals surface area contributed by atoms with Gasteiger partial charge in [-0.2, -0.15) is 0 Å². The molecule has 1 saturated heterocycles. The highest BCUT2D eigenvalue weighted by molar-refractivity contribution is 5.76. The highest BCUT2D eigenvalue weighted by Crippen LogP contribution is 2.36. The highest BCUT2D eigenvalue weighted by Gasteiger charge is 2.31. The van der Waals surface area contributed by atoms with Gasteiger partial charge in [0.2, 0.25) is 0 Å². The number of ketones is 1. The Morgan fingerprint density at radius 3 is 2.86 bits per heavy atom. The SMILES string of the molecule is CC(=O)CC1(CC=O)CCCNCC1. The monoisotopic (exact) mass is 197 g/mol. The van der Waals surface area contributed by atoms with Gasteiger partial charge < -0.3 is 14.9 Å². The molecule has 1 unspecified atom stereocenters. The van der Waals surface area contributed by atoms with Crippen LogP contribution in [0.2, 0.25) is 0 Å². The summed E-state index contributed by atoms with van der Waals surface area (Å²) in [5, 5.41) is 3.31. The quantitative estimate of drug-likeness (QED) is 0.691. The molecule has 0 bridgehead atoms. The Morgan fingerprint density at radius 1 is 1.43 bits per heavy atom. The molecule has 0 aromatic carbocycles. The van der Waals surface area contributed by atoms with Crippen LogP contribution in [-0.4, -0.2) is 25.2 Å². The van der Waals surface area contributed by atoms with Crippen molar-refractivity contribution in [3.05, 3.63) is 0 Å². The molecule has 3 nitrogen and oxygen atoms in total. The first kappa shape index (κ1) is 11.4. The molecular formula is C11H19NO2. The second-order valence-electron chi connectivity index (χ2n) is 4.35. The average Bonchev–Trinajstić information content (AvgIpc) is 2.30. The molecule has 0 amide bonds. The lowest BCUT2D eigenvalue weighted by atomic mass is 9.74. The van der Waals surface area contributed by atoms with E-state index in [1.54, 1.807) is 6.92 Å². The zero-order chi connectivity index (χ0) is 10.4. The van der Waals surface area contributed by atoms with Crippen molar-refractivity contribution in [2.24, 2.45) is 5.41 Å². The Hall–Kier alpha value is -0.700. The van der Waals surface area contributed by atoms with Gasteiger partial charge in [-0.05, 0) is 44.7 Å². The Bertz CT molecular complexity index is 205. The minimum atomic E-state index is -0.0446. The van der Waals surface area contributed by atoms with E-state index in [1.165, 1.54) is 0 Å². The minimum Gasteiger partial charge on any atom is -0.317 e. The smallest absolute Gasteiger partial charge is 0.130 e. The molecule has 1 aliphatic heterocycles. The second kappa shape index (κ2) is 5.25. The summed E-state index contributed by atoms with van der Waals surface area (Å²) in [7, 11) is 0. The first-order valence-electron chi connectivity index (χ1n) is 5.32. The van der Waals surface area contributed by atoms with Gasteiger partial charge in [0.1, 0.15) is 12.1 Å². The fraction of sp³-hybridized carbons (Fsp3) is 0.818. The number of carbonyl (C=O) groups excluding carboxylic acids is 2. The molecule has 1 N–H and O–H groups in total. The molecule has 0 aromatic heterocycles. The summed E-state index contributed by atoms with van der Waals surface area (Å²) >= 11 is 0. The third-order valence-corrected chi connectivity index (χ3v) is 3.03. The predicted molar refractivity (Wildman–Crippen MR) is 55.1 cm³/mol. The topological polar surface area (TPSA) is 46.2 Å². The van der Waals surface area contributed by atoms with Gasteiger partial charge in [-0.15, -0.1) is 0 Å². The van der Waals surface area contributed by atoms with Crippen molar-refractivity contribution in [1.29, 1.82) is 0 Å². The molecular weight excluding hydrogens is 178 g/mol. The van der Waals surface area contributed by atoms with Gasteiger partial charge in [0.25, 0.3) is 0 Å². The molecule has 0 saturated carbocycles. The lowest BCUT2D eigenvalue weighted by Crippen LogP contribution is -2.26. The highest BCUT2D eigenvalue weighted by atomic mass is 16.1. The number of hydrogen-bond acceptors (Lipinski definition) is 3. The largest absolute Gasteiger partial charge is 0.317 e. The fourth-order valence-electron chi connectivity index (χ4n) is 2.35. The van der Waals surface area contributed by atoms with Gasteiger partial charge >= 0.3 is 0 Å². The van der Waals surface area contributed by atoms with Crippen LogP contribution in [0.25, 0.3) is 0 Å². The maximum Gasteiger partial charge on any atom is 0.130 e. The number of aldehydes is 1. The van der Waals surface area contributed by atoms with E-state index in [-0.39, 0.29) is 11.2 Å². The molecule has 14 heavy (non-hydrogen) atoms. The van der Waals surface area contributed by atoms with Crippen LogP contribution in [0, 0.1) is 5.41 Å². The lowest BCUT2D eigenvalue weighted by molar-refractivity contribution is -0.120. The van der Waals surface area contributed by atoms with E-state index >= 15 is 0 Å². The van der Waals surface area contributed by atoms with Gasteiger partial charge in [-0.1, -0.05) is 0 Å². The van der Waals surface area contributed by atoms with Crippen LogP contribution in [0.4, 0.5) is 0 Å². The van der Waals surface area contributed by atoms with Crippen LogP contribution in [0.3, 0.4) is 0 Å². The second-order valence-corrected chi connectivity index (χ2v) is 4.35. The molecule has 80 valence electrons. The van der Waals surface area contributed by atoms with Gasteiger partial charge in [0.05, 0.1) is 0 Å². The van der Waals surface area contributed by atoms with E-state index in [1.807, 2.05) is 0 Å². The molecule has 1 fully saturated rings. The first-order chi connectivity index (χ1) is 6.68. The maximum absolute atomic E-state index is 11.2. The van der Waals surface area contributed by atoms with Crippen molar-refractivity contribution < 1.29 is 9.59 Å². The van der Waals surface area contributed by atoms with Crippen LogP contribution in [-0.2, 0) is 9.59 Å². The maximum atomic E-state index is 11.2. The van der Waals surface area contributed by atoms with E-state index < -0.39 is 0 Å². The number of nitrogens with one attached hydrogen (secondary N) is 1. The van der Waals surface area contributed by atoms with Crippen molar-refractivity contribution in [3.63, 3.8) is 0 Å². The normalized spacial score (nSPS) is 28.1. The van der Waals surface area contributed by atoms with Crippen molar-refractivity contribution in [1.82, 2.24) is 5.32 Å². The Labute approximate surface area is 85.3 Å². The summed E-state index contributed by atoms with van der Waals surface area (Å²) in [6.45, 7) is 3.56. The van der Waals surface area contributed by atoms with Crippen LogP contribution in [0.5, 0.6) is 0 Å². The van der Waals surface area contributed by atoms with E-state index in [0.717, 1.165) is 38.6 Å². The predicted octanol–water partition coefficient (Wildman–Crippen LogP) is 1.31. The molecule has 1 atom stereocenters. The van der Waals surface area contributed by atoms with Crippen LogP contribution in [0.1, 0.15) is 39.0 Å². The van der Waals surface area contributed by atoms with E-state index in [4.69, 9.17) is 0 Å². The average molecular weight is 197 g/mol. The van der Waals surface area contributed by atoms with Gasteiger partial charge in [0.15, 0.2) is 0 Å². The molecule has 1 heterocycles. The molecule has 1 aliphatic rings. The number of hydrogen-bond donors (Lipinski definition) is 1. The third kappa shape index (κ3) is 3.22. The van der Waals surface area contributed by atoms with Crippen molar-refractivity contribution in [2.75, 3.05) is 13.1 Å². The summed E-state index contributed by atoms with van der Waals surface area (Å²) in [5.74, 6) is 0.203. The Kier molecular flexibility index (Phi) is 4.26. The van der Waals surface area contributed by atoms with E-state index in [0.29, 0.717) is 12.8 Å². The number of Topliss-reactive ketones (excluding diaryl/α,β-unsaturated/α-hetero) is 1. The molecule has 0 aromatic rings. The molecule has 0 spiro atoms. The molecule has 0 radical (unpaired) electrons. The summed E-state index contributed by atoms with van der Waals surface area (Å²) in [4.78, 5) is 21.8. The summed E-state index contributed by atoms with van der Waals surface area (Å²) in [6, 6.07) is 0. The zero-order valence-corrected chi connectivity index (χ0v) is 8.84. The lowest BCUT2D eigenvalue weighted by Gasteiger charge is -2.29. The zero-order valence-electron chi connectivity index (χ0n) is 8.84. The summed E-state index contributed by atoms with van der Waals surface area (Å²) in [5.41, 5.74) is -0.0446. The standard InChI is InChI=1S/C11H19NO2/c1-10(14)9-11(5-8-13)3-2-6-12-7-4-11/h8,12H,2-7,9H2,1H3. The number of carbonyl (C=O) groups is 2. The Balaban J connectivity index is 2.66. The van der Waals surface area contributed by atoms with Crippen LogP contribution < -0.4 is 5.32 Å². The van der Waals surface area contributed by atoms with E-state index in [9.17, 15) is 9.59 Å². The minimum absolute atomic E-state index is 0.0446. The summed E-state index contributed by atoms with van der Waals surface area (Å²) < 4.78 is 0. The van der Waals surface area contributed by atoms with E-state index in [2.05, 4.69) is 5.32 Å². The van der Waals surface area contributed by atoms with Crippen LogP contribution in [0.15, 0.2) is 0 Å². The number of rotatable bonds is 4. The summed E-state index contributed by atoms with van der Waals surface area (Å²) in [6.07, 6.45) is 5.08. The van der Waals surface area contributed by atoms with Gasteiger partial charge in [-0.25, -0.2) is 0 Å². The van der Waals surface area contributed by atoms with Crippen molar-refractivity contribution >= 4 is 12.1 Å². The molecule has 0 aliphatic carbocycles.